The van der Waals surface area contributed by atoms with Gasteiger partial charge in [0.1, 0.15) is 0 Å². The summed E-state index contributed by atoms with van der Waals surface area (Å²) in [6.07, 6.45) is 2.96. The molecule has 1 atom stereocenters. The Hall–Kier alpha value is -1.03. The molecule has 4 nitrogen and oxygen atoms in total. The average molecular weight is 211 g/mol. The first-order valence-electron chi connectivity index (χ1n) is 5.54. The number of nitrogens with zero attached hydrogens (tertiary/aromatic N) is 2. The molecule has 1 aromatic heterocycles. The summed E-state index contributed by atoms with van der Waals surface area (Å²) in [7, 11) is 1.94. The number of aryl methyl sites for hydroxylation is 2. The van der Waals surface area contributed by atoms with Crippen molar-refractivity contribution >= 4 is 5.69 Å². The van der Waals surface area contributed by atoms with Crippen LogP contribution in [0.4, 0.5) is 5.69 Å². The van der Waals surface area contributed by atoms with Crippen molar-refractivity contribution in [1.29, 1.82) is 0 Å². The molecule has 0 spiro atoms. The molecule has 0 aliphatic carbocycles. The molecule has 0 aliphatic rings. The van der Waals surface area contributed by atoms with Gasteiger partial charge in [-0.05, 0) is 20.3 Å². The summed E-state index contributed by atoms with van der Waals surface area (Å²) in [5.74, 6) is 0. The number of anilines is 1. The minimum atomic E-state index is 0.319. The lowest BCUT2D eigenvalue weighted by Gasteiger charge is -2.14. The van der Waals surface area contributed by atoms with Crippen molar-refractivity contribution in [3.63, 3.8) is 0 Å². The van der Waals surface area contributed by atoms with E-state index in [9.17, 15) is 0 Å². The number of aromatic nitrogens is 2. The van der Waals surface area contributed by atoms with E-state index in [4.69, 9.17) is 4.74 Å². The predicted octanol–water partition coefficient (Wildman–Crippen LogP) is 1.82. The molecule has 0 aromatic carbocycles. The molecular formula is C11H21N3O. The van der Waals surface area contributed by atoms with E-state index in [1.54, 1.807) is 0 Å². The number of rotatable bonds is 6. The molecule has 1 heterocycles. The topological polar surface area (TPSA) is 39.1 Å². The lowest BCUT2D eigenvalue weighted by molar-refractivity contribution is 0.141. The number of hydrogen-bond acceptors (Lipinski definition) is 3. The molecule has 0 bridgehead atoms. The maximum atomic E-state index is 5.36. The lowest BCUT2D eigenvalue weighted by atomic mass is 10.2. The highest BCUT2D eigenvalue weighted by molar-refractivity contribution is 5.47. The summed E-state index contributed by atoms with van der Waals surface area (Å²) < 4.78 is 7.20. The summed E-state index contributed by atoms with van der Waals surface area (Å²) in [4.78, 5) is 0. The van der Waals surface area contributed by atoms with Crippen LogP contribution in [0, 0.1) is 0 Å². The molecular weight excluding hydrogens is 190 g/mol. The second kappa shape index (κ2) is 5.75. The molecule has 1 rings (SSSR count). The number of nitrogens with one attached hydrogen (secondary N) is 1. The molecule has 1 aromatic rings. The second-order valence-corrected chi connectivity index (χ2v) is 3.72. The van der Waals surface area contributed by atoms with Crippen LogP contribution in [-0.2, 0) is 18.2 Å². The van der Waals surface area contributed by atoms with Crippen molar-refractivity contribution in [2.45, 2.75) is 33.2 Å². The van der Waals surface area contributed by atoms with Gasteiger partial charge >= 0.3 is 0 Å². The molecule has 1 unspecified atom stereocenters. The summed E-state index contributed by atoms with van der Waals surface area (Å²) in [6, 6.07) is 0.319. The molecule has 0 saturated carbocycles. The van der Waals surface area contributed by atoms with Crippen LogP contribution in [0.5, 0.6) is 0 Å². The third-order valence-electron chi connectivity index (χ3n) is 2.21. The first-order valence-corrected chi connectivity index (χ1v) is 5.54. The van der Waals surface area contributed by atoms with E-state index in [2.05, 4.69) is 24.3 Å². The van der Waals surface area contributed by atoms with E-state index in [0.717, 1.165) is 31.0 Å². The van der Waals surface area contributed by atoms with Gasteiger partial charge in [0.25, 0.3) is 0 Å². The van der Waals surface area contributed by atoms with Gasteiger partial charge in [-0.25, -0.2) is 0 Å². The molecule has 0 aliphatic heterocycles. The van der Waals surface area contributed by atoms with Crippen molar-refractivity contribution in [2.24, 2.45) is 7.05 Å². The molecule has 0 amide bonds. The molecule has 0 saturated heterocycles. The third kappa shape index (κ3) is 3.55. The standard InChI is InChI=1S/C11H21N3O/c1-5-10-11(7-14(4)13-10)12-9(3)8-15-6-2/h7,9,12H,5-6,8H2,1-4H3. The summed E-state index contributed by atoms with van der Waals surface area (Å²) in [6.45, 7) is 7.73. The van der Waals surface area contributed by atoms with Crippen LogP contribution < -0.4 is 5.32 Å². The van der Waals surface area contributed by atoms with E-state index in [1.807, 2.05) is 24.9 Å². The normalized spacial score (nSPS) is 12.8. The highest BCUT2D eigenvalue weighted by Crippen LogP contribution is 2.14. The van der Waals surface area contributed by atoms with Crippen LogP contribution in [0.2, 0.25) is 0 Å². The van der Waals surface area contributed by atoms with Crippen LogP contribution >= 0.6 is 0 Å². The Bertz CT molecular complexity index is 296. The Kier molecular flexibility index (Phi) is 4.62. The zero-order valence-corrected chi connectivity index (χ0v) is 10.1. The van der Waals surface area contributed by atoms with Crippen molar-refractivity contribution < 1.29 is 4.74 Å². The molecule has 86 valence electrons. The zero-order valence-electron chi connectivity index (χ0n) is 10.1. The van der Waals surface area contributed by atoms with Gasteiger partial charge in [-0.1, -0.05) is 6.92 Å². The molecule has 0 radical (unpaired) electrons. The fraction of sp³-hybridized carbons (Fsp3) is 0.727. The van der Waals surface area contributed by atoms with E-state index >= 15 is 0 Å². The zero-order chi connectivity index (χ0) is 11.3. The van der Waals surface area contributed by atoms with Gasteiger partial charge in [0.05, 0.1) is 18.0 Å². The van der Waals surface area contributed by atoms with Gasteiger partial charge < -0.3 is 10.1 Å². The largest absolute Gasteiger partial charge is 0.380 e. The number of ether oxygens (including phenoxy) is 1. The first kappa shape index (κ1) is 12.0. The monoisotopic (exact) mass is 211 g/mol. The minimum absolute atomic E-state index is 0.319. The van der Waals surface area contributed by atoms with Crippen molar-refractivity contribution in [3.8, 4) is 0 Å². The summed E-state index contributed by atoms with van der Waals surface area (Å²) in [5, 5.41) is 7.78. The Labute approximate surface area is 91.6 Å². The van der Waals surface area contributed by atoms with Crippen molar-refractivity contribution in [1.82, 2.24) is 9.78 Å². The van der Waals surface area contributed by atoms with E-state index in [-0.39, 0.29) is 0 Å². The van der Waals surface area contributed by atoms with E-state index < -0.39 is 0 Å². The summed E-state index contributed by atoms with van der Waals surface area (Å²) >= 11 is 0. The highest BCUT2D eigenvalue weighted by Gasteiger charge is 2.08. The van der Waals surface area contributed by atoms with Gasteiger partial charge in [-0.2, -0.15) is 5.10 Å². The van der Waals surface area contributed by atoms with Crippen LogP contribution in [0.1, 0.15) is 26.5 Å². The van der Waals surface area contributed by atoms with Crippen LogP contribution in [0.25, 0.3) is 0 Å². The average Bonchev–Trinajstić information content (AvgIpc) is 2.55. The highest BCUT2D eigenvalue weighted by atomic mass is 16.5. The third-order valence-corrected chi connectivity index (χ3v) is 2.21. The first-order chi connectivity index (χ1) is 7.17. The van der Waals surface area contributed by atoms with E-state index in [1.165, 1.54) is 0 Å². The SMILES string of the molecule is CCOCC(C)Nc1cn(C)nc1CC. The smallest absolute Gasteiger partial charge is 0.0853 e. The van der Waals surface area contributed by atoms with Gasteiger partial charge in [0.2, 0.25) is 0 Å². The Balaban J connectivity index is 2.54. The fourth-order valence-corrected chi connectivity index (χ4v) is 1.52. The Morgan fingerprint density at radius 3 is 2.87 bits per heavy atom. The second-order valence-electron chi connectivity index (χ2n) is 3.72. The number of hydrogen-bond donors (Lipinski definition) is 1. The minimum Gasteiger partial charge on any atom is -0.380 e. The summed E-state index contributed by atoms with van der Waals surface area (Å²) in [5.41, 5.74) is 2.23. The molecule has 0 fully saturated rings. The van der Waals surface area contributed by atoms with E-state index in [0.29, 0.717) is 6.04 Å². The van der Waals surface area contributed by atoms with Crippen LogP contribution in [0.3, 0.4) is 0 Å². The predicted molar refractivity (Wildman–Crippen MR) is 62.2 cm³/mol. The maximum absolute atomic E-state index is 5.36. The van der Waals surface area contributed by atoms with Gasteiger partial charge in [0.15, 0.2) is 0 Å². The quantitative estimate of drug-likeness (QED) is 0.780. The van der Waals surface area contributed by atoms with Gasteiger partial charge in [-0.15, -0.1) is 0 Å². The molecule has 1 N–H and O–H groups in total. The molecule has 15 heavy (non-hydrogen) atoms. The van der Waals surface area contributed by atoms with Gasteiger partial charge in [-0.3, -0.25) is 4.68 Å². The van der Waals surface area contributed by atoms with Crippen LogP contribution in [0.15, 0.2) is 6.20 Å². The Morgan fingerprint density at radius 2 is 2.27 bits per heavy atom. The van der Waals surface area contributed by atoms with Crippen molar-refractivity contribution in [3.05, 3.63) is 11.9 Å². The van der Waals surface area contributed by atoms with Crippen molar-refractivity contribution in [2.75, 3.05) is 18.5 Å². The maximum Gasteiger partial charge on any atom is 0.0853 e. The fourth-order valence-electron chi connectivity index (χ4n) is 1.52. The molecule has 4 heteroatoms. The van der Waals surface area contributed by atoms with Crippen LogP contribution in [-0.4, -0.2) is 29.0 Å². The van der Waals surface area contributed by atoms with Gasteiger partial charge in [0, 0.05) is 25.9 Å². The Morgan fingerprint density at radius 1 is 1.53 bits per heavy atom. The lowest BCUT2D eigenvalue weighted by Crippen LogP contribution is -2.22.